The zero-order valence-electron chi connectivity index (χ0n) is 10.5. The van der Waals surface area contributed by atoms with Crippen molar-refractivity contribution in [2.45, 2.75) is 13.1 Å². The highest BCUT2D eigenvalue weighted by atomic mass is 35.5. The normalized spacial score (nSPS) is 11.5. The van der Waals surface area contributed by atoms with Crippen molar-refractivity contribution in [3.05, 3.63) is 34.9 Å². The van der Waals surface area contributed by atoms with Crippen LogP contribution in [0.25, 0.3) is 11.3 Å². The molecule has 0 aliphatic heterocycles. The number of methoxy groups -OCH3 is 1. The smallest absolute Gasteiger partial charge is 0.417 e. The average molecular weight is 304 g/mol. The Morgan fingerprint density at radius 3 is 2.45 bits per heavy atom. The number of rotatable bonds is 2. The number of ether oxygens (including phenoxy) is 1. The zero-order chi connectivity index (χ0) is 14.9. The lowest BCUT2D eigenvalue weighted by atomic mass is 10.1. The Balaban J connectivity index is 2.54. The van der Waals surface area contributed by atoms with Gasteiger partial charge in [0.05, 0.1) is 29.0 Å². The van der Waals surface area contributed by atoms with Crippen LogP contribution >= 0.6 is 11.6 Å². The molecule has 2 aromatic heterocycles. The second kappa shape index (κ2) is 5.24. The van der Waals surface area contributed by atoms with Crippen LogP contribution in [0.15, 0.2) is 18.5 Å². The average Bonchev–Trinajstić information content (AvgIpc) is 2.38. The van der Waals surface area contributed by atoms with E-state index in [0.717, 1.165) is 6.07 Å². The van der Waals surface area contributed by atoms with Crippen molar-refractivity contribution in [2.24, 2.45) is 0 Å². The van der Waals surface area contributed by atoms with Crippen LogP contribution in [0.5, 0.6) is 5.88 Å². The van der Waals surface area contributed by atoms with E-state index in [0.29, 0.717) is 17.6 Å². The fraction of sp³-hybridized carbons (Fsp3) is 0.250. The van der Waals surface area contributed by atoms with Crippen LogP contribution in [-0.4, -0.2) is 22.1 Å². The van der Waals surface area contributed by atoms with Gasteiger partial charge in [-0.25, -0.2) is 4.98 Å². The third-order valence-electron chi connectivity index (χ3n) is 2.49. The zero-order valence-corrected chi connectivity index (χ0v) is 11.2. The van der Waals surface area contributed by atoms with Crippen molar-refractivity contribution in [3.63, 3.8) is 0 Å². The van der Waals surface area contributed by atoms with Gasteiger partial charge in [0.15, 0.2) is 0 Å². The van der Waals surface area contributed by atoms with Crippen LogP contribution in [0.4, 0.5) is 13.2 Å². The van der Waals surface area contributed by atoms with E-state index in [-0.39, 0.29) is 16.6 Å². The molecule has 0 radical (unpaired) electrons. The van der Waals surface area contributed by atoms with Crippen LogP contribution < -0.4 is 4.74 Å². The second-order valence-corrected chi connectivity index (χ2v) is 4.30. The molecule has 0 aliphatic carbocycles. The van der Waals surface area contributed by atoms with Gasteiger partial charge in [0.25, 0.3) is 0 Å². The van der Waals surface area contributed by atoms with Gasteiger partial charge in [-0.3, -0.25) is 4.98 Å². The minimum absolute atomic E-state index is 0.136. The van der Waals surface area contributed by atoms with Crippen LogP contribution in [0.3, 0.4) is 0 Å². The first kappa shape index (κ1) is 14.5. The summed E-state index contributed by atoms with van der Waals surface area (Å²) in [6.07, 6.45) is -2.38. The standard InChI is InChI=1S/C12H9ClF3N3O/c1-6-17-5-8(11(19-6)20-2)10-9(13)3-7(4-18-10)12(14,15)16/h3-5H,1-2H3. The minimum Gasteiger partial charge on any atom is -0.480 e. The number of hydrogen-bond donors (Lipinski definition) is 0. The highest BCUT2D eigenvalue weighted by Crippen LogP contribution is 2.36. The number of halogens is 4. The number of aryl methyl sites for hydroxylation is 1. The van der Waals surface area contributed by atoms with E-state index in [1.807, 2.05) is 0 Å². The van der Waals surface area contributed by atoms with E-state index in [2.05, 4.69) is 15.0 Å². The van der Waals surface area contributed by atoms with E-state index in [9.17, 15) is 13.2 Å². The summed E-state index contributed by atoms with van der Waals surface area (Å²) in [5.74, 6) is 0.667. The Morgan fingerprint density at radius 2 is 1.90 bits per heavy atom. The molecular weight excluding hydrogens is 295 g/mol. The molecular formula is C12H9ClF3N3O. The van der Waals surface area contributed by atoms with Gasteiger partial charge in [-0.05, 0) is 13.0 Å². The predicted molar refractivity (Wildman–Crippen MR) is 66.6 cm³/mol. The first-order chi connectivity index (χ1) is 9.32. The van der Waals surface area contributed by atoms with Crippen LogP contribution in [0.2, 0.25) is 5.02 Å². The monoisotopic (exact) mass is 303 g/mol. The molecule has 0 fully saturated rings. The van der Waals surface area contributed by atoms with Gasteiger partial charge < -0.3 is 4.74 Å². The van der Waals surface area contributed by atoms with Gasteiger partial charge in [-0.1, -0.05) is 11.6 Å². The molecule has 0 bridgehead atoms. The molecule has 0 amide bonds. The lowest BCUT2D eigenvalue weighted by Crippen LogP contribution is -2.06. The number of pyridine rings is 1. The molecule has 0 saturated carbocycles. The van der Waals surface area contributed by atoms with E-state index in [1.54, 1.807) is 6.92 Å². The van der Waals surface area contributed by atoms with Gasteiger partial charge in [0, 0.05) is 12.4 Å². The molecule has 0 N–H and O–H groups in total. The maximum Gasteiger partial charge on any atom is 0.417 e. The van der Waals surface area contributed by atoms with Crippen molar-refractivity contribution in [1.82, 2.24) is 15.0 Å². The second-order valence-electron chi connectivity index (χ2n) is 3.89. The highest BCUT2D eigenvalue weighted by Gasteiger charge is 2.32. The van der Waals surface area contributed by atoms with Crippen LogP contribution in [0, 0.1) is 6.92 Å². The first-order valence-corrected chi connectivity index (χ1v) is 5.81. The maximum absolute atomic E-state index is 12.6. The van der Waals surface area contributed by atoms with E-state index < -0.39 is 11.7 Å². The Labute approximate surface area is 117 Å². The van der Waals surface area contributed by atoms with Gasteiger partial charge in [-0.2, -0.15) is 18.2 Å². The Bertz CT molecular complexity index is 646. The summed E-state index contributed by atoms with van der Waals surface area (Å²) in [7, 11) is 1.39. The molecule has 2 aromatic rings. The summed E-state index contributed by atoms with van der Waals surface area (Å²) in [6, 6.07) is 0.809. The van der Waals surface area contributed by atoms with Crippen molar-refractivity contribution in [1.29, 1.82) is 0 Å². The lowest BCUT2D eigenvalue weighted by Gasteiger charge is -2.11. The van der Waals surface area contributed by atoms with Crippen molar-refractivity contribution in [2.75, 3.05) is 7.11 Å². The topological polar surface area (TPSA) is 47.9 Å². The van der Waals surface area contributed by atoms with E-state index in [1.165, 1.54) is 13.3 Å². The summed E-state index contributed by atoms with van der Waals surface area (Å²) in [5.41, 5.74) is -0.452. The predicted octanol–water partition coefficient (Wildman–Crippen LogP) is 3.53. The number of hydrogen-bond acceptors (Lipinski definition) is 4. The molecule has 0 aromatic carbocycles. The summed E-state index contributed by atoms with van der Waals surface area (Å²) in [4.78, 5) is 11.7. The van der Waals surface area contributed by atoms with Gasteiger partial charge >= 0.3 is 6.18 Å². The molecule has 0 saturated heterocycles. The molecule has 0 spiro atoms. The maximum atomic E-state index is 12.6. The number of nitrogens with zero attached hydrogens (tertiary/aromatic N) is 3. The first-order valence-electron chi connectivity index (χ1n) is 5.43. The number of alkyl halides is 3. The summed E-state index contributed by atoms with van der Waals surface area (Å²) < 4.78 is 42.7. The van der Waals surface area contributed by atoms with Gasteiger partial charge in [0.1, 0.15) is 5.82 Å². The summed E-state index contributed by atoms with van der Waals surface area (Å²) in [5, 5.41) is -0.148. The number of aromatic nitrogens is 3. The molecule has 2 rings (SSSR count). The van der Waals surface area contributed by atoms with Gasteiger partial charge in [0.2, 0.25) is 5.88 Å². The van der Waals surface area contributed by atoms with E-state index >= 15 is 0 Å². The third-order valence-corrected chi connectivity index (χ3v) is 2.78. The van der Waals surface area contributed by atoms with Crippen LogP contribution in [0.1, 0.15) is 11.4 Å². The Kier molecular flexibility index (Phi) is 3.80. The quantitative estimate of drug-likeness (QED) is 0.851. The van der Waals surface area contributed by atoms with Gasteiger partial charge in [-0.15, -0.1) is 0 Å². The molecule has 106 valence electrons. The van der Waals surface area contributed by atoms with E-state index in [4.69, 9.17) is 16.3 Å². The SMILES string of the molecule is COc1nc(C)ncc1-c1ncc(C(F)(F)F)cc1Cl. The summed E-state index contributed by atoms with van der Waals surface area (Å²) in [6.45, 7) is 1.66. The van der Waals surface area contributed by atoms with Crippen molar-refractivity contribution in [3.8, 4) is 17.1 Å². The summed E-state index contributed by atoms with van der Waals surface area (Å²) >= 11 is 5.87. The third kappa shape index (κ3) is 2.82. The van der Waals surface area contributed by atoms with Crippen LogP contribution in [-0.2, 0) is 6.18 Å². The molecule has 0 unspecified atom stereocenters. The molecule has 20 heavy (non-hydrogen) atoms. The molecule has 0 aliphatic rings. The molecule has 4 nitrogen and oxygen atoms in total. The Morgan fingerprint density at radius 1 is 1.20 bits per heavy atom. The lowest BCUT2D eigenvalue weighted by molar-refractivity contribution is -0.137. The highest BCUT2D eigenvalue weighted by molar-refractivity contribution is 6.33. The molecule has 0 atom stereocenters. The van der Waals surface area contributed by atoms with Crippen molar-refractivity contribution >= 4 is 11.6 Å². The molecule has 2 heterocycles. The molecule has 8 heteroatoms. The fourth-order valence-corrected chi connectivity index (χ4v) is 1.83. The largest absolute Gasteiger partial charge is 0.480 e. The fourth-order valence-electron chi connectivity index (χ4n) is 1.56. The Hall–Kier alpha value is -1.89. The minimum atomic E-state index is -4.50. The van der Waals surface area contributed by atoms with Crippen molar-refractivity contribution < 1.29 is 17.9 Å².